The third-order valence-corrected chi connectivity index (χ3v) is 9.24. The summed E-state index contributed by atoms with van der Waals surface area (Å²) in [7, 11) is 0. The van der Waals surface area contributed by atoms with E-state index in [9.17, 15) is 0 Å². The monoisotopic (exact) mass is 614 g/mol. The van der Waals surface area contributed by atoms with Crippen LogP contribution in [0.25, 0.3) is 94.4 Å². The first-order chi connectivity index (χ1) is 23.8. The summed E-state index contributed by atoms with van der Waals surface area (Å²) in [5, 5.41) is 6.95. The van der Waals surface area contributed by atoms with Crippen molar-refractivity contribution in [2.45, 2.75) is 0 Å². The van der Waals surface area contributed by atoms with Gasteiger partial charge in [-0.3, -0.25) is 0 Å². The van der Waals surface area contributed by atoms with Gasteiger partial charge in [-0.2, -0.15) is 0 Å². The Morgan fingerprint density at radius 2 is 1.02 bits per heavy atom. The molecule has 0 unspecified atom stereocenters. The van der Waals surface area contributed by atoms with Crippen molar-refractivity contribution in [2.24, 2.45) is 0 Å². The lowest BCUT2D eigenvalue weighted by Gasteiger charge is -2.10. The molecule has 0 saturated heterocycles. The van der Waals surface area contributed by atoms with E-state index >= 15 is 0 Å². The van der Waals surface area contributed by atoms with E-state index in [1.165, 1.54) is 27.1 Å². The molecule has 3 aromatic heterocycles. The second-order valence-electron chi connectivity index (χ2n) is 12.0. The normalized spacial score (nSPS) is 11.8. The fourth-order valence-electron chi connectivity index (χ4n) is 7.02. The average molecular weight is 615 g/mol. The van der Waals surface area contributed by atoms with E-state index in [2.05, 4.69) is 102 Å². The van der Waals surface area contributed by atoms with E-state index in [4.69, 9.17) is 19.4 Å². The summed E-state index contributed by atoms with van der Waals surface area (Å²) in [5.74, 6) is 1.86. The largest absolute Gasteiger partial charge is 0.454 e. The van der Waals surface area contributed by atoms with Gasteiger partial charge in [0.15, 0.2) is 23.1 Å². The summed E-state index contributed by atoms with van der Waals surface area (Å²) >= 11 is 0. The van der Waals surface area contributed by atoms with Crippen molar-refractivity contribution in [3.63, 3.8) is 0 Å². The summed E-state index contributed by atoms with van der Waals surface area (Å²) in [5.41, 5.74) is 7.68. The molecule has 0 amide bonds. The molecule has 0 aliphatic carbocycles. The van der Waals surface area contributed by atoms with Gasteiger partial charge in [0.2, 0.25) is 0 Å². The predicted octanol–water partition coefficient (Wildman–Crippen LogP) is 11.0. The molecule has 5 nitrogen and oxygen atoms in total. The Morgan fingerprint density at radius 3 is 1.77 bits per heavy atom. The van der Waals surface area contributed by atoms with Crippen molar-refractivity contribution < 1.29 is 4.42 Å². The second-order valence-corrected chi connectivity index (χ2v) is 12.0. The highest BCUT2D eigenvalue weighted by Crippen LogP contribution is 2.41. The SMILES string of the molecule is c1ccc(-c2nc(-c3ccccc3)nc(-c3ccc4c(c3)oc3c(-n5c6ccccc6c6ccc7ccccc7c65)cccc34)n2)cc1. The fraction of sp³-hybridized carbons (Fsp3) is 0. The van der Waals surface area contributed by atoms with Gasteiger partial charge in [0.1, 0.15) is 5.58 Å². The van der Waals surface area contributed by atoms with Gasteiger partial charge in [0, 0.05) is 43.6 Å². The van der Waals surface area contributed by atoms with Gasteiger partial charge in [-0.15, -0.1) is 0 Å². The number of hydrogen-bond donors (Lipinski definition) is 0. The Hall–Kier alpha value is -6.59. The van der Waals surface area contributed by atoms with E-state index in [0.29, 0.717) is 17.5 Å². The minimum atomic E-state index is 0.596. The van der Waals surface area contributed by atoms with Crippen molar-refractivity contribution in [2.75, 3.05) is 0 Å². The lowest BCUT2D eigenvalue weighted by Crippen LogP contribution is -2.00. The maximum Gasteiger partial charge on any atom is 0.164 e. The van der Waals surface area contributed by atoms with Crippen molar-refractivity contribution in [3.8, 4) is 39.9 Å². The number of benzene rings is 7. The zero-order chi connectivity index (χ0) is 31.6. The van der Waals surface area contributed by atoms with E-state index in [1.807, 2.05) is 60.7 Å². The van der Waals surface area contributed by atoms with Crippen LogP contribution in [0.2, 0.25) is 0 Å². The molecule has 0 radical (unpaired) electrons. The number of fused-ring (bicyclic) bond motifs is 8. The Bertz CT molecular complexity index is 2780. The van der Waals surface area contributed by atoms with Crippen molar-refractivity contribution in [1.29, 1.82) is 0 Å². The summed E-state index contributed by atoms with van der Waals surface area (Å²) in [6.45, 7) is 0. The molecular formula is C43H26N4O. The smallest absolute Gasteiger partial charge is 0.164 e. The minimum absolute atomic E-state index is 0.596. The molecule has 48 heavy (non-hydrogen) atoms. The van der Waals surface area contributed by atoms with Crippen LogP contribution in [0.5, 0.6) is 0 Å². The topological polar surface area (TPSA) is 56.7 Å². The first-order valence-electron chi connectivity index (χ1n) is 16.0. The number of aromatic nitrogens is 4. The molecular weight excluding hydrogens is 589 g/mol. The van der Waals surface area contributed by atoms with Crippen LogP contribution >= 0.6 is 0 Å². The lowest BCUT2D eigenvalue weighted by molar-refractivity contribution is 0.666. The van der Waals surface area contributed by atoms with E-state index in [0.717, 1.165) is 49.8 Å². The zero-order valence-electron chi connectivity index (χ0n) is 25.7. The average Bonchev–Trinajstić information content (AvgIpc) is 3.71. The highest BCUT2D eigenvalue weighted by molar-refractivity contribution is 6.19. The molecule has 5 heteroatoms. The van der Waals surface area contributed by atoms with Crippen LogP contribution in [0.15, 0.2) is 162 Å². The van der Waals surface area contributed by atoms with Gasteiger partial charge in [-0.25, -0.2) is 15.0 Å². The number of rotatable bonds is 4. The molecule has 0 bridgehead atoms. The maximum absolute atomic E-state index is 6.82. The van der Waals surface area contributed by atoms with Crippen molar-refractivity contribution >= 4 is 54.5 Å². The molecule has 224 valence electrons. The molecule has 3 heterocycles. The first kappa shape index (κ1) is 26.6. The van der Waals surface area contributed by atoms with Crippen LogP contribution in [-0.4, -0.2) is 19.5 Å². The highest BCUT2D eigenvalue weighted by atomic mass is 16.3. The van der Waals surface area contributed by atoms with Gasteiger partial charge >= 0.3 is 0 Å². The summed E-state index contributed by atoms with van der Waals surface area (Å²) in [6.07, 6.45) is 0. The van der Waals surface area contributed by atoms with E-state index in [1.54, 1.807) is 0 Å². The third kappa shape index (κ3) is 4.08. The van der Waals surface area contributed by atoms with Crippen LogP contribution in [0, 0.1) is 0 Å². The van der Waals surface area contributed by atoms with E-state index in [-0.39, 0.29) is 0 Å². The molecule has 0 spiro atoms. The zero-order valence-corrected chi connectivity index (χ0v) is 25.7. The van der Waals surface area contributed by atoms with E-state index < -0.39 is 0 Å². The molecule has 0 fully saturated rings. The second kappa shape index (κ2) is 10.5. The molecule has 0 aliphatic rings. The van der Waals surface area contributed by atoms with Crippen LogP contribution in [-0.2, 0) is 0 Å². The number of para-hydroxylation sites is 2. The molecule has 0 saturated carbocycles. The number of nitrogens with zero attached hydrogens (tertiary/aromatic N) is 4. The summed E-state index contributed by atoms with van der Waals surface area (Å²) in [4.78, 5) is 14.8. The quantitative estimate of drug-likeness (QED) is 0.198. The van der Waals surface area contributed by atoms with Gasteiger partial charge in [0.25, 0.3) is 0 Å². The van der Waals surface area contributed by atoms with Crippen molar-refractivity contribution in [1.82, 2.24) is 19.5 Å². The Labute approximate surface area is 275 Å². The van der Waals surface area contributed by atoms with Gasteiger partial charge in [-0.05, 0) is 29.7 Å². The molecule has 0 N–H and O–H groups in total. The van der Waals surface area contributed by atoms with Crippen LogP contribution in [0.3, 0.4) is 0 Å². The molecule has 10 rings (SSSR count). The molecule has 0 atom stereocenters. The van der Waals surface area contributed by atoms with Crippen LogP contribution < -0.4 is 0 Å². The van der Waals surface area contributed by atoms with Crippen molar-refractivity contribution in [3.05, 3.63) is 158 Å². The Kier molecular flexibility index (Phi) is 5.81. The molecule has 7 aromatic carbocycles. The molecule has 0 aliphatic heterocycles. The minimum Gasteiger partial charge on any atom is -0.454 e. The summed E-state index contributed by atoms with van der Waals surface area (Å²) in [6, 6.07) is 54.4. The van der Waals surface area contributed by atoms with Gasteiger partial charge < -0.3 is 8.98 Å². The predicted molar refractivity (Wildman–Crippen MR) is 195 cm³/mol. The fourth-order valence-corrected chi connectivity index (χ4v) is 7.02. The third-order valence-electron chi connectivity index (χ3n) is 9.24. The Morgan fingerprint density at radius 1 is 0.417 bits per heavy atom. The standard InChI is InChI=1S/C43H26N4O/c1-3-13-28(14-4-1)41-44-42(29-15-5-2-6-16-29)46-43(45-41)30-23-24-33-35-19-11-21-37(40(35)48-38(33)26-30)47-36-20-10-9-18-32(36)34-25-22-27-12-7-8-17-31(27)39(34)47/h1-26H. The number of hydrogen-bond acceptors (Lipinski definition) is 4. The Balaban J connectivity index is 1.20. The highest BCUT2D eigenvalue weighted by Gasteiger charge is 2.20. The summed E-state index contributed by atoms with van der Waals surface area (Å²) < 4.78 is 9.18. The maximum atomic E-state index is 6.82. The molecule has 10 aromatic rings. The lowest BCUT2D eigenvalue weighted by atomic mass is 10.1. The van der Waals surface area contributed by atoms with Crippen LogP contribution in [0.1, 0.15) is 0 Å². The number of furan rings is 1. The van der Waals surface area contributed by atoms with Crippen LogP contribution in [0.4, 0.5) is 0 Å². The first-order valence-corrected chi connectivity index (χ1v) is 16.0. The van der Waals surface area contributed by atoms with Gasteiger partial charge in [-0.1, -0.05) is 133 Å². The van der Waals surface area contributed by atoms with Gasteiger partial charge in [0.05, 0.1) is 16.7 Å².